The van der Waals surface area contributed by atoms with Gasteiger partial charge in [0.1, 0.15) is 5.69 Å². The van der Waals surface area contributed by atoms with E-state index in [2.05, 4.69) is 29.4 Å². The van der Waals surface area contributed by atoms with Crippen molar-refractivity contribution in [2.24, 2.45) is 12.5 Å². The largest absolute Gasteiger partial charge is 0.364 e. The third-order valence-corrected chi connectivity index (χ3v) is 4.32. The Labute approximate surface area is 125 Å². The van der Waals surface area contributed by atoms with Gasteiger partial charge >= 0.3 is 5.69 Å². The second-order valence-corrected chi connectivity index (χ2v) is 6.46. The monoisotopic (exact) mass is 295 g/mol. The van der Waals surface area contributed by atoms with Gasteiger partial charge in [-0.3, -0.25) is 10.1 Å². The van der Waals surface area contributed by atoms with E-state index in [0.717, 1.165) is 13.1 Å². The van der Waals surface area contributed by atoms with Gasteiger partial charge in [-0.25, -0.2) is 4.68 Å². The molecule has 118 valence electrons. The summed E-state index contributed by atoms with van der Waals surface area (Å²) in [6.45, 7) is 3.43. The molecule has 1 aromatic rings. The highest BCUT2D eigenvalue weighted by atomic mass is 16.6. The van der Waals surface area contributed by atoms with E-state index in [1.54, 1.807) is 18.7 Å². The fourth-order valence-corrected chi connectivity index (χ4v) is 3.52. The van der Waals surface area contributed by atoms with Crippen molar-refractivity contribution >= 4 is 11.5 Å². The lowest BCUT2D eigenvalue weighted by molar-refractivity contribution is -0.384. The molecule has 1 saturated carbocycles. The molecule has 1 fully saturated rings. The van der Waals surface area contributed by atoms with Gasteiger partial charge in [-0.15, -0.1) is 0 Å². The Bertz CT molecular complexity index is 518. The molecule has 0 saturated heterocycles. The lowest BCUT2D eigenvalue weighted by atomic mass is 9.85. The SMILES string of the molecule is Cc1nn(C)c(NCC2(CN(C)C)CCCC2)c1[N+](=O)[O-]. The van der Waals surface area contributed by atoms with E-state index in [0.29, 0.717) is 11.5 Å². The van der Waals surface area contributed by atoms with E-state index in [9.17, 15) is 10.1 Å². The predicted molar refractivity (Wildman–Crippen MR) is 82.5 cm³/mol. The van der Waals surface area contributed by atoms with Crippen LogP contribution in [0.1, 0.15) is 31.4 Å². The Morgan fingerprint density at radius 3 is 2.57 bits per heavy atom. The number of aryl methyl sites for hydroxylation is 2. The maximum absolute atomic E-state index is 11.2. The van der Waals surface area contributed by atoms with E-state index in [1.807, 2.05) is 0 Å². The number of nitrogens with one attached hydrogen (secondary N) is 1. The zero-order chi connectivity index (χ0) is 15.6. The molecule has 1 aliphatic rings. The van der Waals surface area contributed by atoms with Crippen molar-refractivity contribution in [2.75, 3.05) is 32.5 Å². The molecule has 2 rings (SSSR count). The molecule has 1 aromatic heterocycles. The molecule has 7 heteroatoms. The van der Waals surface area contributed by atoms with Crippen molar-refractivity contribution < 1.29 is 4.92 Å². The lowest BCUT2D eigenvalue weighted by Gasteiger charge is -2.32. The molecule has 1 N–H and O–H groups in total. The van der Waals surface area contributed by atoms with Gasteiger partial charge in [0.2, 0.25) is 5.82 Å². The Morgan fingerprint density at radius 1 is 1.43 bits per heavy atom. The van der Waals surface area contributed by atoms with E-state index in [1.165, 1.54) is 25.7 Å². The van der Waals surface area contributed by atoms with Crippen LogP contribution in [0.5, 0.6) is 0 Å². The highest BCUT2D eigenvalue weighted by molar-refractivity contribution is 5.59. The first kappa shape index (κ1) is 15.8. The van der Waals surface area contributed by atoms with Crippen LogP contribution in [0, 0.1) is 22.5 Å². The number of rotatable bonds is 6. The normalized spacial score (nSPS) is 17.4. The molecule has 1 heterocycles. The Hall–Kier alpha value is -1.63. The summed E-state index contributed by atoms with van der Waals surface area (Å²) in [7, 11) is 5.91. The molecule has 0 spiro atoms. The van der Waals surface area contributed by atoms with Crippen molar-refractivity contribution in [1.82, 2.24) is 14.7 Å². The van der Waals surface area contributed by atoms with Gasteiger partial charge in [0.05, 0.1) is 4.92 Å². The summed E-state index contributed by atoms with van der Waals surface area (Å²) >= 11 is 0. The minimum absolute atomic E-state index is 0.0931. The van der Waals surface area contributed by atoms with Crippen molar-refractivity contribution in [3.8, 4) is 0 Å². The van der Waals surface area contributed by atoms with Gasteiger partial charge in [0.25, 0.3) is 0 Å². The number of hydrogen-bond donors (Lipinski definition) is 1. The number of aromatic nitrogens is 2. The topological polar surface area (TPSA) is 76.2 Å². The van der Waals surface area contributed by atoms with Gasteiger partial charge in [-0.05, 0) is 33.9 Å². The molecule has 1 aliphatic carbocycles. The first-order valence-corrected chi connectivity index (χ1v) is 7.41. The summed E-state index contributed by atoms with van der Waals surface area (Å²) in [6.07, 6.45) is 4.82. The number of nitrogens with zero attached hydrogens (tertiary/aromatic N) is 4. The zero-order valence-corrected chi connectivity index (χ0v) is 13.3. The first-order valence-electron chi connectivity index (χ1n) is 7.41. The average Bonchev–Trinajstić information content (AvgIpc) is 2.91. The summed E-state index contributed by atoms with van der Waals surface area (Å²) in [5, 5.41) is 18.7. The molecule has 0 amide bonds. The smallest absolute Gasteiger partial charge is 0.333 e. The Morgan fingerprint density at radius 2 is 2.05 bits per heavy atom. The number of nitro groups is 1. The Balaban J connectivity index is 2.16. The highest BCUT2D eigenvalue weighted by Crippen LogP contribution is 2.39. The van der Waals surface area contributed by atoms with Crippen LogP contribution in [-0.4, -0.2) is 46.8 Å². The molecular formula is C14H25N5O2. The molecule has 0 aliphatic heterocycles. The lowest BCUT2D eigenvalue weighted by Crippen LogP contribution is -2.37. The van der Waals surface area contributed by atoms with Crippen LogP contribution in [0.4, 0.5) is 11.5 Å². The summed E-state index contributed by atoms with van der Waals surface area (Å²) in [4.78, 5) is 13.1. The molecule has 0 atom stereocenters. The molecular weight excluding hydrogens is 270 g/mol. The van der Waals surface area contributed by atoms with E-state index >= 15 is 0 Å². The third-order valence-electron chi connectivity index (χ3n) is 4.32. The maximum Gasteiger partial charge on any atom is 0.333 e. The quantitative estimate of drug-likeness (QED) is 0.643. The van der Waals surface area contributed by atoms with E-state index in [4.69, 9.17) is 0 Å². The fraction of sp³-hybridized carbons (Fsp3) is 0.786. The van der Waals surface area contributed by atoms with Crippen LogP contribution < -0.4 is 5.32 Å². The van der Waals surface area contributed by atoms with Crippen molar-refractivity contribution in [3.05, 3.63) is 15.8 Å². The molecule has 0 aromatic carbocycles. The van der Waals surface area contributed by atoms with Gasteiger partial charge in [0.15, 0.2) is 0 Å². The second-order valence-electron chi connectivity index (χ2n) is 6.46. The van der Waals surface area contributed by atoms with Crippen molar-refractivity contribution in [1.29, 1.82) is 0 Å². The first-order chi connectivity index (χ1) is 9.84. The van der Waals surface area contributed by atoms with E-state index in [-0.39, 0.29) is 16.0 Å². The van der Waals surface area contributed by atoms with Crippen LogP contribution in [-0.2, 0) is 7.05 Å². The van der Waals surface area contributed by atoms with Crippen LogP contribution in [0.3, 0.4) is 0 Å². The number of anilines is 1. The summed E-state index contributed by atoms with van der Waals surface area (Å²) < 4.78 is 1.58. The van der Waals surface area contributed by atoms with Gasteiger partial charge in [-0.2, -0.15) is 5.10 Å². The van der Waals surface area contributed by atoms with E-state index < -0.39 is 0 Å². The standard InChI is InChI=1S/C14H25N5O2/c1-11-12(19(20)21)13(18(4)16-11)15-9-14(10-17(2)3)7-5-6-8-14/h15H,5-10H2,1-4H3. The Kier molecular flexibility index (Phi) is 4.51. The average molecular weight is 295 g/mol. The third kappa shape index (κ3) is 3.34. The summed E-state index contributed by atoms with van der Waals surface area (Å²) in [5.74, 6) is 0.516. The minimum Gasteiger partial charge on any atom is -0.364 e. The highest BCUT2D eigenvalue weighted by Gasteiger charge is 2.35. The summed E-state index contributed by atoms with van der Waals surface area (Å²) in [6, 6.07) is 0. The van der Waals surface area contributed by atoms with Gasteiger partial charge in [-0.1, -0.05) is 12.8 Å². The zero-order valence-electron chi connectivity index (χ0n) is 13.3. The minimum atomic E-state index is -0.349. The predicted octanol–water partition coefficient (Wildman–Crippen LogP) is 2.17. The van der Waals surface area contributed by atoms with Crippen LogP contribution in [0.15, 0.2) is 0 Å². The van der Waals surface area contributed by atoms with Gasteiger partial charge < -0.3 is 10.2 Å². The molecule has 0 radical (unpaired) electrons. The molecule has 7 nitrogen and oxygen atoms in total. The van der Waals surface area contributed by atoms with Crippen LogP contribution in [0.25, 0.3) is 0 Å². The molecule has 21 heavy (non-hydrogen) atoms. The number of hydrogen-bond acceptors (Lipinski definition) is 5. The maximum atomic E-state index is 11.2. The molecule has 0 bridgehead atoms. The van der Waals surface area contributed by atoms with Crippen LogP contribution >= 0.6 is 0 Å². The van der Waals surface area contributed by atoms with Crippen LogP contribution in [0.2, 0.25) is 0 Å². The molecule has 0 unspecified atom stereocenters. The van der Waals surface area contributed by atoms with Gasteiger partial charge in [0, 0.05) is 25.6 Å². The second kappa shape index (κ2) is 6.01. The van der Waals surface area contributed by atoms with Crippen molar-refractivity contribution in [2.45, 2.75) is 32.6 Å². The van der Waals surface area contributed by atoms with Crippen molar-refractivity contribution in [3.63, 3.8) is 0 Å². The summed E-state index contributed by atoms with van der Waals surface area (Å²) in [5.41, 5.74) is 0.754. The fourth-order valence-electron chi connectivity index (χ4n) is 3.52.